The molecule has 0 amide bonds. The van der Waals surface area contributed by atoms with Crippen molar-refractivity contribution in [2.45, 2.75) is 0 Å². The SMILES string of the molecule is [SeH]c1ccccc1-c1ccccc1-c1c2c(cc3c1ccc1c4cc5c(c(-c6cccc7[se]c8ccccc8c67)c4ccc31)-c1cccc3cccc-5c13)-c1cccc3cccc-2c13. The molecule has 12 aromatic carbocycles. The summed E-state index contributed by atoms with van der Waals surface area (Å²) in [5.74, 6) is 0. The summed E-state index contributed by atoms with van der Waals surface area (Å²) in [4.78, 5) is 0. The summed E-state index contributed by atoms with van der Waals surface area (Å²) in [7, 11) is 0. The van der Waals surface area contributed by atoms with E-state index in [2.05, 4.69) is 216 Å². The average Bonchev–Trinajstić information content (AvgIpc) is 4.00. The molecule has 0 atom stereocenters. The number of fused-ring (bicyclic) bond motifs is 14. The second-order valence-electron chi connectivity index (χ2n) is 17.5. The molecule has 2 aliphatic carbocycles. The van der Waals surface area contributed by atoms with Crippen LogP contribution in [0, 0.1) is 0 Å². The Labute approximate surface area is 383 Å². The third kappa shape index (κ3) is 4.63. The zero-order chi connectivity index (χ0) is 41.8. The van der Waals surface area contributed by atoms with Gasteiger partial charge >= 0.3 is 386 Å². The zero-order valence-electron chi connectivity index (χ0n) is 34.4. The number of rotatable bonds is 3. The Morgan fingerprint density at radius 2 is 0.688 bits per heavy atom. The quantitative estimate of drug-likeness (QED) is 0.122. The van der Waals surface area contributed by atoms with Crippen LogP contribution in [0.25, 0.3) is 151 Å². The van der Waals surface area contributed by atoms with Crippen molar-refractivity contribution < 1.29 is 0 Å². The summed E-state index contributed by atoms with van der Waals surface area (Å²) in [6.45, 7) is 0. The molecular weight excluding hydrogens is 903 g/mol. The average molecular weight is 937 g/mol. The summed E-state index contributed by atoms with van der Waals surface area (Å²) >= 11 is 3.07. The molecule has 0 nitrogen and oxygen atoms in total. The minimum atomic E-state index is 0.267. The minimum absolute atomic E-state index is 0.267. The monoisotopic (exact) mass is 938 g/mol. The van der Waals surface area contributed by atoms with Gasteiger partial charge in [0, 0.05) is 0 Å². The van der Waals surface area contributed by atoms with Gasteiger partial charge in [-0.1, -0.05) is 0 Å². The van der Waals surface area contributed by atoms with Gasteiger partial charge in [-0.25, -0.2) is 0 Å². The summed E-state index contributed by atoms with van der Waals surface area (Å²) in [5, 5.41) is 15.9. The fourth-order valence-electron chi connectivity index (χ4n) is 11.9. The summed E-state index contributed by atoms with van der Waals surface area (Å²) in [5.41, 5.74) is 18.4. The van der Waals surface area contributed by atoms with Crippen molar-refractivity contribution in [2.24, 2.45) is 0 Å². The van der Waals surface area contributed by atoms with Gasteiger partial charge in [-0.15, -0.1) is 0 Å². The number of benzene rings is 12. The van der Waals surface area contributed by atoms with Crippen LogP contribution in [0.15, 0.2) is 200 Å². The molecule has 1 aromatic heterocycles. The Kier molecular flexibility index (Phi) is 7.21. The first-order chi connectivity index (χ1) is 31.7. The van der Waals surface area contributed by atoms with Crippen LogP contribution in [0.4, 0.5) is 0 Å². The van der Waals surface area contributed by atoms with E-state index < -0.39 is 0 Å². The van der Waals surface area contributed by atoms with Crippen LogP contribution in [0.1, 0.15) is 0 Å². The summed E-state index contributed by atoms with van der Waals surface area (Å²) in [6, 6.07) is 76.3. The maximum absolute atomic E-state index is 2.81. The topological polar surface area (TPSA) is 0 Å². The third-order valence-electron chi connectivity index (χ3n) is 14.4. The van der Waals surface area contributed by atoms with E-state index in [4.69, 9.17) is 0 Å². The molecule has 0 bridgehead atoms. The molecule has 0 saturated carbocycles. The first kappa shape index (κ1) is 35.4. The van der Waals surface area contributed by atoms with Gasteiger partial charge in [-0.2, -0.15) is 0 Å². The van der Waals surface area contributed by atoms with Crippen molar-refractivity contribution in [1.82, 2.24) is 0 Å². The Bertz CT molecular complexity index is 4250. The third-order valence-corrected chi connectivity index (χ3v) is 17.6. The standard InChI is InChI=1S/C62H34Se2/c63-53-25-5-3-17-39(53)36-16-1-2-18-40(36)59-43-30-28-38-37(49(43)32-51-41-20-7-12-34-14-9-22-46(56(34)41)61(51)59)29-31-44-50(38)33-52-42-21-8-13-35-15-10-23-47(57(35)42)62(52)60(44)48-24-11-27-55-58(48)45-19-4-6-26-54(45)64-55/h1-33,63H. The van der Waals surface area contributed by atoms with Crippen LogP contribution < -0.4 is 4.46 Å². The van der Waals surface area contributed by atoms with Crippen LogP contribution >= 0.6 is 0 Å². The van der Waals surface area contributed by atoms with E-state index in [1.807, 2.05) is 0 Å². The van der Waals surface area contributed by atoms with Gasteiger partial charge in [0.25, 0.3) is 0 Å². The van der Waals surface area contributed by atoms with Gasteiger partial charge in [0.2, 0.25) is 0 Å². The normalized spacial score (nSPS) is 12.5. The molecule has 64 heavy (non-hydrogen) atoms. The molecule has 0 saturated heterocycles. The van der Waals surface area contributed by atoms with Crippen LogP contribution in [0.5, 0.6) is 0 Å². The van der Waals surface area contributed by atoms with E-state index in [9.17, 15) is 0 Å². The first-order valence-corrected chi connectivity index (χ1v) is 24.7. The van der Waals surface area contributed by atoms with E-state index in [0.717, 1.165) is 0 Å². The molecule has 0 aliphatic heterocycles. The molecule has 294 valence electrons. The van der Waals surface area contributed by atoms with E-state index in [1.54, 1.807) is 0 Å². The molecular formula is C62H34Se2. The Morgan fingerprint density at radius 3 is 1.30 bits per heavy atom. The van der Waals surface area contributed by atoms with Crippen LogP contribution in [-0.4, -0.2) is 30.5 Å². The summed E-state index contributed by atoms with van der Waals surface area (Å²) in [6.07, 6.45) is 0. The van der Waals surface area contributed by atoms with Crippen molar-refractivity contribution in [1.29, 1.82) is 0 Å². The van der Waals surface area contributed by atoms with Crippen molar-refractivity contribution in [2.75, 3.05) is 0 Å². The molecule has 0 fully saturated rings. The fraction of sp³-hybridized carbons (Fsp3) is 0. The van der Waals surface area contributed by atoms with Gasteiger partial charge in [0.05, 0.1) is 0 Å². The first-order valence-electron chi connectivity index (χ1n) is 22.1. The molecule has 0 N–H and O–H groups in total. The Hall–Kier alpha value is -7.02. The molecule has 13 aromatic rings. The van der Waals surface area contributed by atoms with Crippen molar-refractivity contribution in [3.05, 3.63) is 200 Å². The van der Waals surface area contributed by atoms with Crippen molar-refractivity contribution >= 4 is 108 Å². The Morgan fingerprint density at radius 1 is 0.250 bits per heavy atom. The van der Waals surface area contributed by atoms with Crippen molar-refractivity contribution in [3.8, 4) is 77.9 Å². The van der Waals surface area contributed by atoms with E-state index in [1.165, 1.54) is 156 Å². The second kappa shape index (κ2) is 13.0. The molecule has 0 spiro atoms. The van der Waals surface area contributed by atoms with Gasteiger partial charge < -0.3 is 0 Å². The second-order valence-corrected chi connectivity index (χ2v) is 20.8. The van der Waals surface area contributed by atoms with Gasteiger partial charge in [0.1, 0.15) is 0 Å². The van der Waals surface area contributed by atoms with Crippen LogP contribution in [0.3, 0.4) is 0 Å². The van der Waals surface area contributed by atoms with Gasteiger partial charge in [-0.3, -0.25) is 0 Å². The molecule has 2 heteroatoms. The number of hydrogen-bond donors (Lipinski definition) is 0. The van der Waals surface area contributed by atoms with E-state index in [0.29, 0.717) is 0 Å². The van der Waals surface area contributed by atoms with Gasteiger partial charge in [0.15, 0.2) is 0 Å². The Balaban J connectivity index is 1.10. The predicted octanol–water partition coefficient (Wildman–Crippen LogP) is 15.6. The maximum atomic E-state index is 2.81. The fourth-order valence-corrected chi connectivity index (χ4v) is 14.8. The molecule has 15 rings (SSSR count). The van der Waals surface area contributed by atoms with Crippen LogP contribution in [-0.2, 0) is 0 Å². The van der Waals surface area contributed by atoms with Gasteiger partial charge in [-0.05, 0) is 0 Å². The molecule has 0 unspecified atom stereocenters. The number of hydrogen-bond acceptors (Lipinski definition) is 0. The van der Waals surface area contributed by atoms with Crippen molar-refractivity contribution in [3.63, 3.8) is 0 Å². The zero-order valence-corrected chi connectivity index (χ0v) is 38.0. The van der Waals surface area contributed by atoms with Crippen LogP contribution in [0.2, 0.25) is 0 Å². The van der Waals surface area contributed by atoms with E-state index in [-0.39, 0.29) is 14.5 Å². The molecule has 0 radical (unpaired) electrons. The molecule has 1 heterocycles. The van der Waals surface area contributed by atoms with E-state index >= 15 is 0 Å². The molecule has 2 aliphatic rings. The predicted molar refractivity (Wildman–Crippen MR) is 278 cm³/mol. The summed E-state index contributed by atoms with van der Waals surface area (Å²) < 4.78 is 4.16.